The molecule has 1 aromatic heterocycles. The maximum absolute atomic E-state index is 12.2. The molecule has 4 heteroatoms. The van der Waals surface area contributed by atoms with Crippen LogP contribution in [0.5, 0.6) is 0 Å². The second-order valence-corrected chi connectivity index (χ2v) is 6.72. The highest BCUT2D eigenvalue weighted by Gasteiger charge is 2.19. The van der Waals surface area contributed by atoms with Crippen molar-refractivity contribution in [3.05, 3.63) is 35.2 Å². The minimum atomic E-state index is 0.308. The van der Waals surface area contributed by atoms with Gasteiger partial charge in [-0.1, -0.05) is 18.2 Å². The summed E-state index contributed by atoms with van der Waals surface area (Å²) in [5.41, 5.74) is 1.39. The van der Waals surface area contributed by atoms with Crippen LogP contribution in [0, 0.1) is 0 Å². The average Bonchev–Trinajstić information content (AvgIpc) is 2.91. The minimum absolute atomic E-state index is 0.308. The van der Waals surface area contributed by atoms with Gasteiger partial charge in [0.15, 0.2) is 0 Å². The Hall–Kier alpha value is -1.39. The van der Waals surface area contributed by atoms with Gasteiger partial charge in [-0.15, -0.1) is 11.3 Å². The van der Waals surface area contributed by atoms with Crippen LogP contribution in [0.2, 0.25) is 0 Å². The van der Waals surface area contributed by atoms with Gasteiger partial charge in [-0.05, 0) is 42.2 Å². The molecule has 3 rings (SSSR count). The van der Waals surface area contributed by atoms with Crippen LogP contribution >= 0.6 is 11.3 Å². The summed E-state index contributed by atoms with van der Waals surface area (Å²) in [6.45, 7) is 4.75. The lowest BCUT2D eigenvalue weighted by atomic mass is 10.1. The van der Waals surface area contributed by atoms with Crippen molar-refractivity contribution in [3.8, 4) is 0 Å². The number of carbonyl (C=O) groups is 1. The van der Waals surface area contributed by atoms with E-state index in [2.05, 4.69) is 41.9 Å². The third kappa shape index (κ3) is 3.44. The second kappa shape index (κ2) is 6.58. The Morgan fingerprint density at radius 1 is 1.43 bits per heavy atom. The van der Waals surface area contributed by atoms with Crippen LogP contribution in [0.25, 0.3) is 10.1 Å². The number of benzene rings is 1. The van der Waals surface area contributed by atoms with E-state index in [9.17, 15) is 4.79 Å². The van der Waals surface area contributed by atoms with E-state index >= 15 is 0 Å². The summed E-state index contributed by atoms with van der Waals surface area (Å²) in [6.07, 6.45) is 2.60. The number of piperazine rings is 1. The van der Waals surface area contributed by atoms with E-state index < -0.39 is 0 Å². The fourth-order valence-corrected chi connectivity index (χ4v) is 3.97. The first-order valence-corrected chi connectivity index (χ1v) is 8.58. The van der Waals surface area contributed by atoms with Gasteiger partial charge in [-0.2, -0.15) is 0 Å². The van der Waals surface area contributed by atoms with Crippen LogP contribution in [0.4, 0.5) is 0 Å². The molecule has 2 aromatic rings. The van der Waals surface area contributed by atoms with Gasteiger partial charge in [0.05, 0.1) is 0 Å². The topological polar surface area (TPSA) is 32.3 Å². The molecule has 3 nitrogen and oxygen atoms in total. The fraction of sp³-hybridized carbons (Fsp3) is 0.471. The van der Waals surface area contributed by atoms with Crippen LogP contribution in [0.3, 0.4) is 0 Å². The number of carbonyl (C=O) groups excluding carboxylic acids is 1. The standard InChI is InChI=1S/C17H22N2OS/c1-13-11-19(10-9-18-13)17(20)8-4-5-14-12-21-16-7-3-2-6-15(14)16/h2-3,6-7,12-13,18H,4-5,8-11H2,1H3. The van der Waals surface area contributed by atoms with Crippen molar-refractivity contribution < 1.29 is 4.79 Å². The Morgan fingerprint density at radius 3 is 3.14 bits per heavy atom. The number of thiophene rings is 1. The van der Waals surface area contributed by atoms with Gasteiger partial charge in [0.1, 0.15) is 0 Å². The highest BCUT2D eigenvalue weighted by Crippen LogP contribution is 2.26. The van der Waals surface area contributed by atoms with Crippen molar-refractivity contribution in [2.45, 2.75) is 32.2 Å². The summed E-state index contributed by atoms with van der Waals surface area (Å²) >= 11 is 1.80. The molecule has 0 saturated carbocycles. The molecule has 2 heterocycles. The Balaban J connectivity index is 1.52. The van der Waals surface area contributed by atoms with Gasteiger partial charge in [0.25, 0.3) is 0 Å². The molecule has 0 bridgehead atoms. The molecule has 1 aliphatic heterocycles. The number of hydrogen-bond donors (Lipinski definition) is 1. The zero-order valence-corrected chi connectivity index (χ0v) is 13.3. The Morgan fingerprint density at radius 2 is 2.29 bits per heavy atom. The number of amides is 1. The molecule has 1 aromatic carbocycles. The summed E-state index contributed by atoms with van der Waals surface area (Å²) in [4.78, 5) is 14.2. The highest BCUT2D eigenvalue weighted by atomic mass is 32.1. The molecule has 0 aliphatic carbocycles. The van der Waals surface area contributed by atoms with Crippen molar-refractivity contribution in [2.75, 3.05) is 19.6 Å². The lowest BCUT2D eigenvalue weighted by molar-refractivity contribution is -0.132. The third-order valence-corrected chi connectivity index (χ3v) is 5.13. The quantitative estimate of drug-likeness (QED) is 0.941. The molecule has 1 fully saturated rings. The van der Waals surface area contributed by atoms with E-state index in [0.717, 1.165) is 32.5 Å². The molecule has 112 valence electrons. The summed E-state index contributed by atoms with van der Waals surface area (Å²) in [5, 5.41) is 6.96. The molecule has 1 N–H and O–H groups in total. The van der Waals surface area contributed by atoms with Crippen molar-refractivity contribution in [3.63, 3.8) is 0 Å². The Kier molecular flexibility index (Phi) is 4.56. The lowest BCUT2D eigenvalue weighted by Crippen LogP contribution is -2.51. The number of rotatable bonds is 4. The molecule has 1 unspecified atom stereocenters. The Bertz CT molecular complexity index is 622. The molecule has 1 aliphatic rings. The number of nitrogens with zero attached hydrogens (tertiary/aromatic N) is 1. The SMILES string of the molecule is CC1CN(C(=O)CCCc2csc3ccccc23)CCN1. The van der Waals surface area contributed by atoms with Crippen molar-refractivity contribution in [1.82, 2.24) is 10.2 Å². The smallest absolute Gasteiger partial charge is 0.222 e. The molecule has 21 heavy (non-hydrogen) atoms. The van der Waals surface area contributed by atoms with E-state index in [-0.39, 0.29) is 0 Å². The van der Waals surface area contributed by atoms with E-state index in [1.807, 2.05) is 4.90 Å². The van der Waals surface area contributed by atoms with Crippen LogP contribution in [-0.4, -0.2) is 36.5 Å². The fourth-order valence-electron chi connectivity index (χ4n) is 2.97. The molecular weight excluding hydrogens is 280 g/mol. The summed E-state index contributed by atoms with van der Waals surface area (Å²) in [6, 6.07) is 8.94. The Labute approximate surface area is 130 Å². The maximum Gasteiger partial charge on any atom is 0.222 e. The van der Waals surface area contributed by atoms with Gasteiger partial charge in [0, 0.05) is 36.8 Å². The summed E-state index contributed by atoms with van der Waals surface area (Å²) in [5.74, 6) is 0.308. The van der Waals surface area contributed by atoms with Crippen LogP contribution in [0.1, 0.15) is 25.3 Å². The van der Waals surface area contributed by atoms with Crippen LogP contribution in [0.15, 0.2) is 29.6 Å². The lowest BCUT2D eigenvalue weighted by Gasteiger charge is -2.32. The first-order chi connectivity index (χ1) is 10.2. The molecule has 1 saturated heterocycles. The number of nitrogens with one attached hydrogen (secondary N) is 1. The van der Waals surface area contributed by atoms with E-state index in [0.29, 0.717) is 18.4 Å². The average molecular weight is 302 g/mol. The molecule has 0 radical (unpaired) electrons. The zero-order valence-electron chi connectivity index (χ0n) is 12.5. The van der Waals surface area contributed by atoms with Crippen molar-refractivity contribution in [2.24, 2.45) is 0 Å². The number of aryl methyl sites for hydroxylation is 1. The van der Waals surface area contributed by atoms with Crippen molar-refractivity contribution in [1.29, 1.82) is 0 Å². The third-order valence-electron chi connectivity index (χ3n) is 4.12. The van der Waals surface area contributed by atoms with Crippen LogP contribution < -0.4 is 5.32 Å². The summed E-state index contributed by atoms with van der Waals surface area (Å²) in [7, 11) is 0. The maximum atomic E-state index is 12.2. The summed E-state index contributed by atoms with van der Waals surface area (Å²) < 4.78 is 1.34. The first-order valence-electron chi connectivity index (χ1n) is 7.70. The largest absolute Gasteiger partial charge is 0.340 e. The molecular formula is C17H22N2OS. The number of hydrogen-bond acceptors (Lipinski definition) is 3. The molecule has 1 amide bonds. The van der Waals surface area contributed by atoms with Crippen molar-refractivity contribution >= 4 is 27.3 Å². The normalized spacial score (nSPS) is 19.1. The number of fused-ring (bicyclic) bond motifs is 1. The van der Waals surface area contributed by atoms with Gasteiger partial charge < -0.3 is 10.2 Å². The predicted molar refractivity (Wildman–Crippen MR) is 88.8 cm³/mol. The molecule has 0 spiro atoms. The van der Waals surface area contributed by atoms with E-state index in [1.165, 1.54) is 15.6 Å². The van der Waals surface area contributed by atoms with Gasteiger partial charge in [-0.3, -0.25) is 4.79 Å². The van der Waals surface area contributed by atoms with E-state index in [4.69, 9.17) is 0 Å². The van der Waals surface area contributed by atoms with Gasteiger partial charge in [-0.25, -0.2) is 0 Å². The predicted octanol–water partition coefficient (Wildman–Crippen LogP) is 3.04. The minimum Gasteiger partial charge on any atom is -0.340 e. The van der Waals surface area contributed by atoms with Gasteiger partial charge >= 0.3 is 0 Å². The highest BCUT2D eigenvalue weighted by molar-refractivity contribution is 7.17. The zero-order chi connectivity index (χ0) is 14.7. The monoisotopic (exact) mass is 302 g/mol. The second-order valence-electron chi connectivity index (χ2n) is 5.81. The van der Waals surface area contributed by atoms with Crippen LogP contribution in [-0.2, 0) is 11.2 Å². The first kappa shape index (κ1) is 14.5. The van der Waals surface area contributed by atoms with E-state index in [1.54, 1.807) is 11.3 Å². The van der Waals surface area contributed by atoms with Gasteiger partial charge in [0.2, 0.25) is 5.91 Å². The molecule has 1 atom stereocenters.